The van der Waals surface area contributed by atoms with Crippen molar-refractivity contribution in [2.24, 2.45) is 28.6 Å². The summed E-state index contributed by atoms with van der Waals surface area (Å²) < 4.78 is 26.1. The number of alkyl halides is 3. The fourth-order valence-electron chi connectivity index (χ4n) is 7.58. The maximum atomic E-state index is 15.7. The summed E-state index contributed by atoms with van der Waals surface area (Å²) in [5.74, 6) is -2.24. The van der Waals surface area contributed by atoms with Crippen molar-refractivity contribution in [3.05, 3.63) is 22.8 Å². The van der Waals surface area contributed by atoms with Crippen LogP contribution in [0.2, 0.25) is 0 Å². The van der Waals surface area contributed by atoms with Gasteiger partial charge in [0.25, 0.3) is 0 Å². The van der Waals surface area contributed by atoms with Crippen LogP contribution in [0.15, 0.2) is 22.8 Å². The maximum Gasteiger partial charge on any atom is 0.220 e. The molecule has 0 aromatic heterocycles. The molecular formula is C24H30Cl3FO5. The number of ketones is 2. The summed E-state index contributed by atoms with van der Waals surface area (Å²) in [4.78, 5) is 24.5. The highest BCUT2D eigenvalue weighted by Gasteiger charge is 2.76. The quantitative estimate of drug-likeness (QED) is 0.432. The van der Waals surface area contributed by atoms with Gasteiger partial charge in [-0.25, -0.2) is 4.39 Å². The number of allylic oxidation sites excluding steroid dienone is 4. The van der Waals surface area contributed by atoms with E-state index in [0.29, 0.717) is 6.42 Å². The third-order valence-electron chi connectivity index (χ3n) is 9.26. The topological polar surface area (TPSA) is 72.8 Å². The molecule has 5 nitrogen and oxygen atoms in total. The van der Waals surface area contributed by atoms with E-state index in [-0.39, 0.29) is 29.4 Å². The average molecular weight is 524 g/mol. The van der Waals surface area contributed by atoms with E-state index < -0.39 is 62.5 Å². The summed E-state index contributed by atoms with van der Waals surface area (Å²) >= 11 is 20.8. The molecule has 3 unspecified atom stereocenters. The maximum absolute atomic E-state index is 15.7. The first-order valence-electron chi connectivity index (χ1n) is 11.2. The summed E-state index contributed by atoms with van der Waals surface area (Å²) in [6, 6.07) is 0. The Kier molecular flexibility index (Phi) is 6.21. The molecular weight excluding hydrogens is 494 g/mol. The number of fused-ring (bicyclic) bond motifs is 5. The minimum absolute atomic E-state index is 0.00418. The number of hydrogen-bond acceptors (Lipinski definition) is 5. The molecule has 0 bridgehead atoms. The summed E-state index contributed by atoms with van der Waals surface area (Å²) in [5.41, 5.74) is -3.69. The Morgan fingerprint density at radius 3 is 2.42 bits per heavy atom. The van der Waals surface area contributed by atoms with Crippen LogP contribution in [0.4, 0.5) is 4.39 Å². The monoisotopic (exact) mass is 522 g/mol. The number of carbonyl (C=O) groups is 2. The standard InChI is InChI=1S/C24H30Cl3FO5/c1-11-8-12-13-9-14(28)17-18(26)15(29)6-7-21(17,2)23(13,27)16(25)10-22(12,3)24(11,31)19(30)20(32-4)33-5/h6-7,11-14,16,20,31H,8-10H2,1-5H3/t11?,12-,13-,14?,16?,21-,22-,23-,24-/m0/s1. The lowest BCUT2D eigenvalue weighted by molar-refractivity contribution is -0.196. The van der Waals surface area contributed by atoms with Gasteiger partial charge in [0, 0.05) is 25.0 Å². The number of halogens is 4. The van der Waals surface area contributed by atoms with Crippen molar-refractivity contribution in [3.63, 3.8) is 0 Å². The minimum Gasteiger partial charge on any atom is -0.381 e. The fourth-order valence-corrected chi connectivity index (χ4v) is 9.15. The average Bonchev–Trinajstić information content (AvgIpc) is 2.95. The van der Waals surface area contributed by atoms with Crippen LogP contribution in [-0.2, 0) is 19.1 Å². The van der Waals surface area contributed by atoms with Crippen LogP contribution in [0.25, 0.3) is 0 Å². The summed E-state index contributed by atoms with van der Waals surface area (Å²) in [6.07, 6.45) is 0.909. The van der Waals surface area contributed by atoms with Gasteiger partial charge in [-0.15, -0.1) is 23.2 Å². The lowest BCUT2D eigenvalue weighted by Gasteiger charge is -2.64. The van der Waals surface area contributed by atoms with E-state index in [1.165, 1.54) is 20.3 Å². The molecule has 3 fully saturated rings. The number of ether oxygens (including phenoxy) is 2. The first-order valence-corrected chi connectivity index (χ1v) is 12.4. The number of Topliss-reactive ketones (excluding diaryl/α,β-unsaturated/α-hetero) is 1. The van der Waals surface area contributed by atoms with E-state index in [9.17, 15) is 14.7 Å². The number of rotatable bonds is 4. The molecule has 0 heterocycles. The molecule has 0 spiro atoms. The van der Waals surface area contributed by atoms with Gasteiger partial charge in [0.15, 0.2) is 5.78 Å². The van der Waals surface area contributed by atoms with E-state index in [2.05, 4.69) is 0 Å². The van der Waals surface area contributed by atoms with Crippen LogP contribution in [0.5, 0.6) is 0 Å². The molecule has 0 radical (unpaired) electrons. The Balaban J connectivity index is 1.86. The molecule has 0 aromatic rings. The van der Waals surface area contributed by atoms with Crippen LogP contribution < -0.4 is 0 Å². The van der Waals surface area contributed by atoms with Gasteiger partial charge in [0.2, 0.25) is 12.1 Å². The van der Waals surface area contributed by atoms with E-state index in [4.69, 9.17) is 44.3 Å². The van der Waals surface area contributed by atoms with Gasteiger partial charge in [-0.05, 0) is 48.7 Å². The molecule has 0 aromatic carbocycles. The molecule has 33 heavy (non-hydrogen) atoms. The van der Waals surface area contributed by atoms with E-state index >= 15 is 4.39 Å². The Labute approximate surface area is 208 Å². The van der Waals surface area contributed by atoms with Crippen LogP contribution in [0, 0.1) is 28.6 Å². The first-order chi connectivity index (χ1) is 15.3. The van der Waals surface area contributed by atoms with Crippen LogP contribution >= 0.6 is 34.8 Å². The normalized spacial score (nSPS) is 49.2. The van der Waals surface area contributed by atoms with Gasteiger partial charge < -0.3 is 14.6 Å². The lowest BCUT2D eigenvalue weighted by atomic mass is 9.46. The second-order valence-electron chi connectivity index (χ2n) is 10.5. The molecule has 3 saturated carbocycles. The molecule has 0 saturated heterocycles. The van der Waals surface area contributed by atoms with E-state index in [0.717, 1.165) is 0 Å². The van der Waals surface area contributed by atoms with Crippen molar-refractivity contribution in [3.8, 4) is 0 Å². The van der Waals surface area contributed by atoms with Gasteiger partial charge in [-0.3, -0.25) is 9.59 Å². The number of carbonyl (C=O) groups excluding carboxylic acids is 2. The van der Waals surface area contributed by atoms with Crippen molar-refractivity contribution in [1.29, 1.82) is 0 Å². The van der Waals surface area contributed by atoms with Crippen LogP contribution in [0.3, 0.4) is 0 Å². The zero-order chi connectivity index (χ0) is 24.7. The first kappa shape index (κ1) is 25.6. The van der Waals surface area contributed by atoms with E-state index in [1.807, 2.05) is 13.8 Å². The minimum atomic E-state index is -1.79. The Morgan fingerprint density at radius 1 is 1.24 bits per heavy atom. The summed E-state index contributed by atoms with van der Waals surface area (Å²) in [6.45, 7) is 5.42. The van der Waals surface area contributed by atoms with Crippen molar-refractivity contribution < 1.29 is 28.6 Å². The van der Waals surface area contributed by atoms with Gasteiger partial charge in [0.05, 0.1) is 15.3 Å². The third-order valence-corrected chi connectivity index (χ3v) is 11.2. The molecule has 0 aliphatic heterocycles. The zero-order valence-corrected chi connectivity index (χ0v) is 21.6. The molecule has 4 rings (SSSR count). The summed E-state index contributed by atoms with van der Waals surface area (Å²) in [5, 5.41) is 11.1. The largest absolute Gasteiger partial charge is 0.381 e. The molecule has 4 aliphatic rings. The highest BCUT2D eigenvalue weighted by molar-refractivity contribution is 6.45. The fraction of sp³-hybridized carbons (Fsp3) is 0.750. The number of hydrogen-bond donors (Lipinski definition) is 1. The van der Waals surface area contributed by atoms with E-state index in [1.54, 1.807) is 13.0 Å². The Morgan fingerprint density at radius 2 is 1.85 bits per heavy atom. The second kappa shape index (κ2) is 8.01. The van der Waals surface area contributed by atoms with Crippen molar-refractivity contribution >= 4 is 46.4 Å². The predicted octanol–water partition coefficient (Wildman–Crippen LogP) is 4.55. The molecule has 184 valence electrons. The van der Waals surface area contributed by atoms with Crippen molar-refractivity contribution in [2.75, 3.05) is 14.2 Å². The molecule has 9 atom stereocenters. The predicted molar refractivity (Wildman–Crippen MR) is 124 cm³/mol. The van der Waals surface area contributed by atoms with Crippen LogP contribution in [0.1, 0.15) is 40.0 Å². The van der Waals surface area contributed by atoms with Gasteiger partial charge in [-0.2, -0.15) is 0 Å². The number of methoxy groups -OCH3 is 2. The van der Waals surface area contributed by atoms with Crippen molar-refractivity contribution in [1.82, 2.24) is 0 Å². The lowest BCUT2D eigenvalue weighted by Crippen LogP contribution is -2.69. The Bertz CT molecular complexity index is 950. The van der Waals surface area contributed by atoms with Gasteiger partial charge in [-0.1, -0.05) is 38.4 Å². The Hall–Kier alpha value is -0.500. The number of aliphatic hydroxyl groups is 1. The zero-order valence-electron chi connectivity index (χ0n) is 19.3. The highest BCUT2D eigenvalue weighted by atomic mass is 35.5. The van der Waals surface area contributed by atoms with Crippen LogP contribution in [-0.4, -0.2) is 59.2 Å². The molecule has 1 N–H and O–H groups in total. The SMILES string of the molecule is COC(OC)C(=O)[C@@]1(O)C(C)C[C@H]2[C@@H]3CC(F)C4=C(Cl)C(=O)C=C[C@]4(C)[C@@]3(Cl)C(Cl)C[C@@]21C. The smallest absolute Gasteiger partial charge is 0.220 e. The van der Waals surface area contributed by atoms with Gasteiger partial charge >= 0.3 is 0 Å². The highest BCUT2D eigenvalue weighted by Crippen LogP contribution is 2.73. The van der Waals surface area contributed by atoms with Crippen molar-refractivity contribution in [2.45, 2.75) is 68.3 Å². The van der Waals surface area contributed by atoms with Gasteiger partial charge in [0.1, 0.15) is 11.8 Å². The second-order valence-corrected chi connectivity index (χ2v) is 12.0. The third kappa shape index (κ3) is 2.94. The summed E-state index contributed by atoms with van der Waals surface area (Å²) in [7, 11) is 2.68. The molecule has 9 heteroatoms. The molecule has 0 amide bonds. The molecule has 4 aliphatic carbocycles.